The zero-order valence-corrected chi connectivity index (χ0v) is 14.7. The topological polar surface area (TPSA) is 50.8 Å². The molecule has 2 aliphatic heterocycles. The number of piperidine rings is 1. The van der Waals surface area contributed by atoms with Gasteiger partial charge in [-0.1, -0.05) is 12.1 Å². The summed E-state index contributed by atoms with van der Waals surface area (Å²) in [6.45, 7) is 5.32. The molecule has 0 aromatic heterocycles. The fourth-order valence-electron chi connectivity index (χ4n) is 3.77. The van der Waals surface area contributed by atoms with Gasteiger partial charge in [-0.25, -0.2) is 0 Å². The minimum absolute atomic E-state index is 0.0221. The lowest BCUT2D eigenvalue weighted by Crippen LogP contribution is -2.44. The molecule has 1 amide bonds. The second-order valence-electron chi connectivity index (χ2n) is 7.02. The van der Waals surface area contributed by atoms with Crippen LogP contribution in [0.2, 0.25) is 0 Å². The predicted molar refractivity (Wildman–Crippen MR) is 93.0 cm³/mol. The van der Waals surface area contributed by atoms with Crippen LogP contribution in [0.1, 0.15) is 38.2 Å². The Hall–Kier alpha value is -1.59. The van der Waals surface area contributed by atoms with Gasteiger partial charge in [-0.15, -0.1) is 0 Å². The van der Waals surface area contributed by atoms with Crippen LogP contribution in [0.3, 0.4) is 0 Å². The summed E-state index contributed by atoms with van der Waals surface area (Å²) in [7, 11) is 1.69. The molecule has 2 saturated heterocycles. The van der Waals surface area contributed by atoms with Crippen molar-refractivity contribution in [2.75, 3.05) is 26.7 Å². The van der Waals surface area contributed by atoms with E-state index in [0.717, 1.165) is 51.1 Å². The number of nitrogens with zero attached hydrogens (tertiary/aromatic N) is 1. The van der Waals surface area contributed by atoms with E-state index in [9.17, 15) is 4.79 Å². The lowest BCUT2D eigenvalue weighted by atomic mass is 9.88. The number of methoxy groups -OCH3 is 1. The molecule has 0 radical (unpaired) electrons. The molecule has 1 spiro atoms. The molecule has 24 heavy (non-hydrogen) atoms. The molecule has 1 aromatic carbocycles. The highest BCUT2D eigenvalue weighted by Gasteiger charge is 2.42. The molecular formula is C19H28N2O3. The largest absolute Gasteiger partial charge is 0.497 e. The van der Waals surface area contributed by atoms with Crippen molar-refractivity contribution in [1.82, 2.24) is 10.2 Å². The predicted octanol–water partition coefficient (Wildman–Crippen LogP) is 2.34. The summed E-state index contributed by atoms with van der Waals surface area (Å²) in [5, 5.41) is 2.88. The Labute approximate surface area is 144 Å². The van der Waals surface area contributed by atoms with Crippen molar-refractivity contribution in [2.45, 2.75) is 50.9 Å². The third-order valence-electron chi connectivity index (χ3n) is 5.25. The SMILES string of the molecule is COc1ccc(CN2CCC3(CCC(CNC(C)=O)O3)CC2)cc1. The molecule has 2 aliphatic rings. The molecule has 5 nitrogen and oxygen atoms in total. The van der Waals surface area contributed by atoms with E-state index < -0.39 is 0 Å². The average Bonchev–Trinajstić information content (AvgIpc) is 2.99. The fourth-order valence-corrected chi connectivity index (χ4v) is 3.77. The number of rotatable bonds is 5. The number of hydrogen-bond acceptors (Lipinski definition) is 4. The summed E-state index contributed by atoms with van der Waals surface area (Å²) in [5.74, 6) is 0.926. The second kappa shape index (κ2) is 7.53. The minimum Gasteiger partial charge on any atom is -0.497 e. The molecule has 0 bridgehead atoms. The molecular weight excluding hydrogens is 304 g/mol. The van der Waals surface area contributed by atoms with Crippen molar-refractivity contribution >= 4 is 5.91 Å². The summed E-state index contributed by atoms with van der Waals surface area (Å²) in [6, 6.07) is 8.32. The number of likely N-dealkylation sites (tertiary alicyclic amines) is 1. The molecule has 3 rings (SSSR count). The highest BCUT2D eigenvalue weighted by atomic mass is 16.5. The lowest BCUT2D eigenvalue weighted by molar-refractivity contribution is -0.120. The molecule has 132 valence electrons. The Morgan fingerprint density at radius 3 is 2.62 bits per heavy atom. The molecule has 1 atom stereocenters. The Balaban J connectivity index is 1.46. The van der Waals surface area contributed by atoms with E-state index in [0.29, 0.717) is 6.54 Å². The van der Waals surface area contributed by atoms with Gasteiger partial charge < -0.3 is 14.8 Å². The van der Waals surface area contributed by atoms with E-state index in [2.05, 4.69) is 22.3 Å². The Bertz CT molecular complexity index is 550. The van der Waals surface area contributed by atoms with Gasteiger partial charge in [0, 0.05) is 33.1 Å². The maximum Gasteiger partial charge on any atom is 0.216 e. The monoisotopic (exact) mass is 332 g/mol. The zero-order valence-electron chi connectivity index (χ0n) is 14.7. The maximum absolute atomic E-state index is 11.0. The Morgan fingerprint density at radius 2 is 2.00 bits per heavy atom. The van der Waals surface area contributed by atoms with Crippen molar-refractivity contribution in [3.8, 4) is 5.75 Å². The number of nitrogens with one attached hydrogen (secondary N) is 1. The van der Waals surface area contributed by atoms with E-state index in [1.807, 2.05) is 12.1 Å². The summed E-state index contributed by atoms with van der Waals surface area (Å²) in [5.41, 5.74) is 1.36. The summed E-state index contributed by atoms with van der Waals surface area (Å²) < 4.78 is 11.5. The van der Waals surface area contributed by atoms with Crippen LogP contribution in [0.25, 0.3) is 0 Å². The number of carbonyl (C=O) groups is 1. The van der Waals surface area contributed by atoms with Crippen molar-refractivity contribution in [3.05, 3.63) is 29.8 Å². The maximum atomic E-state index is 11.0. The first-order chi connectivity index (χ1) is 11.6. The fraction of sp³-hybridized carbons (Fsp3) is 0.632. The second-order valence-corrected chi connectivity index (χ2v) is 7.02. The van der Waals surface area contributed by atoms with Crippen LogP contribution in [-0.4, -0.2) is 49.3 Å². The average molecular weight is 332 g/mol. The zero-order chi connectivity index (χ0) is 17.0. The Kier molecular flexibility index (Phi) is 5.41. The van der Waals surface area contributed by atoms with E-state index in [1.54, 1.807) is 14.0 Å². The first-order valence-corrected chi connectivity index (χ1v) is 8.86. The highest BCUT2D eigenvalue weighted by molar-refractivity contribution is 5.72. The van der Waals surface area contributed by atoms with Crippen molar-refractivity contribution in [2.24, 2.45) is 0 Å². The van der Waals surface area contributed by atoms with Crippen molar-refractivity contribution < 1.29 is 14.3 Å². The molecule has 0 saturated carbocycles. The van der Waals surface area contributed by atoms with E-state index >= 15 is 0 Å². The summed E-state index contributed by atoms with van der Waals surface area (Å²) in [4.78, 5) is 13.5. The molecule has 1 N–H and O–H groups in total. The summed E-state index contributed by atoms with van der Waals surface area (Å²) >= 11 is 0. The first-order valence-electron chi connectivity index (χ1n) is 8.86. The van der Waals surface area contributed by atoms with Crippen LogP contribution in [0.5, 0.6) is 5.75 Å². The number of carbonyl (C=O) groups excluding carboxylic acids is 1. The number of ether oxygens (including phenoxy) is 2. The quantitative estimate of drug-likeness (QED) is 0.899. The van der Waals surface area contributed by atoms with Gasteiger partial charge in [-0.3, -0.25) is 9.69 Å². The molecule has 1 unspecified atom stereocenters. The van der Waals surface area contributed by atoms with Crippen LogP contribution < -0.4 is 10.1 Å². The van der Waals surface area contributed by atoms with Gasteiger partial charge in [0.25, 0.3) is 0 Å². The normalized spacial score (nSPS) is 23.3. The molecule has 2 fully saturated rings. The minimum atomic E-state index is 0.0221. The van der Waals surface area contributed by atoms with E-state index in [4.69, 9.17) is 9.47 Å². The van der Waals surface area contributed by atoms with Crippen molar-refractivity contribution in [3.63, 3.8) is 0 Å². The highest BCUT2D eigenvalue weighted by Crippen LogP contribution is 2.39. The van der Waals surface area contributed by atoms with Gasteiger partial charge in [0.2, 0.25) is 5.91 Å². The Morgan fingerprint density at radius 1 is 1.29 bits per heavy atom. The third-order valence-corrected chi connectivity index (χ3v) is 5.25. The molecule has 5 heteroatoms. The summed E-state index contributed by atoms with van der Waals surface area (Å²) in [6.07, 6.45) is 4.52. The lowest BCUT2D eigenvalue weighted by Gasteiger charge is -2.39. The van der Waals surface area contributed by atoms with Crippen LogP contribution in [0.15, 0.2) is 24.3 Å². The van der Waals surface area contributed by atoms with Crippen LogP contribution in [-0.2, 0) is 16.1 Å². The van der Waals surface area contributed by atoms with Gasteiger partial charge in [-0.05, 0) is 43.4 Å². The van der Waals surface area contributed by atoms with Gasteiger partial charge in [-0.2, -0.15) is 0 Å². The smallest absolute Gasteiger partial charge is 0.216 e. The van der Waals surface area contributed by atoms with Gasteiger partial charge in [0.1, 0.15) is 5.75 Å². The van der Waals surface area contributed by atoms with Gasteiger partial charge >= 0.3 is 0 Å². The number of hydrogen-bond donors (Lipinski definition) is 1. The van der Waals surface area contributed by atoms with Gasteiger partial charge in [0.05, 0.1) is 18.8 Å². The van der Waals surface area contributed by atoms with Gasteiger partial charge in [0.15, 0.2) is 0 Å². The molecule has 0 aliphatic carbocycles. The van der Waals surface area contributed by atoms with E-state index in [1.165, 1.54) is 5.56 Å². The number of amides is 1. The first kappa shape index (κ1) is 17.2. The van der Waals surface area contributed by atoms with Crippen molar-refractivity contribution in [1.29, 1.82) is 0 Å². The standard InChI is InChI=1S/C19H28N2O3/c1-15(22)20-13-18-7-8-19(24-18)9-11-21(12-10-19)14-16-3-5-17(23-2)6-4-16/h3-6,18H,7-14H2,1-2H3,(H,20,22). The molecule has 2 heterocycles. The number of benzene rings is 1. The molecule has 1 aromatic rings. The van der Waals surface area contributed by atoms with Crippen LogP contribution in [0.4, 0.5) is 0 Å². The third kappa shape index (κ3) is 4.28. The van der Waals surface area contributed by atoms with E-state index in [-0.39, 0.29) is 17.6 Å². The van der Waals surface area contributed by atoms with Crippen LogP contribution in [0, 0.1) is 0 Å². The van der Waals surface area contributed by atoms with Crippen LogP contribution >= 0.6 is 0 Å².